The summed E-state index contributed by atoms with van der Waals surface area (Å²) in [7, 11) is 0. The Morgan fingerprint density at radius 2 is 1.93 bits per heavy atom. The average molecular weight is 370 g/mol. The summed E-state index contributed by atoms with van der Waals surface area (Å²) in [6, 6.07) is 7.87. The number of rotatable bonds is 6. The number of aromatic hydroxyl groups is 1. The maximum absolute atomic E-state index is 14.0. The molecule has 0 spiro atoms. The maximum Gasteiger partial charge on any atom is 0.201 e. The molecular formula is C21H20F2N2O2. The van der Waals surface area contributed by atoms with Crippen molar-refractivity contribution in [1.29, 1.82) is 0 Å². The van der Waals surface area contributed by atoms with E-state index < -0.39 is 17.4 Å². The second-order valence-electron chi connectivity index (χ2n) is 6.45. The van der Waals surface area contributed by atoms with Crippen molar-refractivity contribution in [2.45, 2.75) is 32.3 Å². The van der Waals surface area contributed by atoms with Gasteiger partial charge in [-0.2, -0.15) is 4.39 Å². The third-order valence-electron chi connectivity index (χ3n) is 4.21. The maximum atomic E-state index is 14.0. The number of aliphatic hydroxyl groups is 1. The minimum Gasteiger partial charge on any atom is -0.505 e. The van der Waals surface area contributed by atoms with Crippen LogP contribution in [0.25, 0.3) is 28.4 Å². The molecule has 6 heteroatoms. The Kier molecular flexibility index (Phi) is 5.76. The average Bonchev–Trinajstić information content (AvgIpc) is 2.65. The van der Waals surface area contributed by atoms with Crippen LogP contribution < -0.4 is 0 Å². The second-order valence-corrected chi connectivity index (χ2v) is 6.45. The van der Waals surface area contributed by atoms with Gasteiger partial charge in [0.25, 0.3) is 0 Å². The van der Waals surface area contributed by atoms with Crippen LogP contribution in [0.5, 0.6) is 5.75 Å². The summed E-state index contributed by atoms with van der Waals surface area (Å²) in [4.78, 5) is 8.64. The van der Waals surface area contributed by atoms with Crippen molar-refractivity contribution in [2.24, 2.45) is 0 Å². The van der Waals surface area contributed by atoms with Crippen LogP contribution in [-0.2, 0) is 0 Å². The number of hydrogen-bond acceptors (Lipinski definition) is 4. The summed E-state index contributed by atoms with van der Waals surface area (Å²) in [5.74, 6) is -3.19. The quantitative estimate of drug-likeness (QED) is 0.609. The number of phenolic OH excluding ortho intramolecular Hbond substituents is 1. The van der Waals surface area contributed by atoms with Gasteiger partial charge in [-0.1, -0.05) is 18.2 Å². The number of aliphatic hydroxyl groups excluding tert-OH is 1. The fourth-order valence-corrected chi connectivity index (χ4v) is 2.75. The number of nitrogens with zero attached hydrogens (tertiary/aromatic N) is 2. The van der Waals surface area contributed by atoms with E-state index in [9.17, 15) is 19.0 Å². The molecule has 1 unspecified atom stereocenters. The minimum atomic E-state index is -1.30. The zero-order valence-corrected chi connectivity index (χ0v) is 14.9. The van der Waals surface area contributed by atoms with Crippen molar-refractivity contribution in [1.82, 2.24) is 9.97 Å². The van der Waals surface area contributed by atoms with E-state index in [1.807, 2.05) is 24.3 Å². The van der Waals surface area contributed by atoms with E-state index in [1.54, 1.807) is 13.0 Å². The number of phenols is 1. The van der Waals surface area contributed by atoms with Gasteiger partial charge in [-0.05, 0) is 56.0 Å². The van der Waals surface area contributed by atoms with Crippen LogP contribution in [0.1, 0.15) is 31.7 Å². The van der Waals surface area contributed by atoms with Crippen molar-refractivity contribution in [3.05, 3.63) is 59.8 Å². The Morgan fingerprint density at radius 1 is 1.11 bits per heavy atom. The molecule has 0 aliphatic heterocycles. The first-order valence-electron chi connectivity index (χ1n) is 8.74. The number of hydrogen-bond donors (Lipinski definition) is 2. The van der Waals surface area contributed by atoms with Gasteiger partial charge in [-0.25, -0.2) is 9.37 Å². The summed E-state index contributed by atoms with van der Waals surface area (Å²) in [5, 5.41) is 18.5. The smallest absolute Gasteiger partial charge is 0.201 e. The first-order chi connectivity index (χ1) is 13.0. The first kappa shape index (κ1) is 18.9. The Bertz CT molecular complexity index is 987. The lowest BCUT2D eigenvalue weighted by Gasteiger charge is -2.06. The van der Waals surface area contributed by atoms with Crippen LogP contribution in [0, 0.1) is 11.6 Å². The largest absolute Gasteiger partial charge is 0.505 e. The molecular weight excluding hydrogens is 350 g/mol. The van der Waals surface area contributed by atoms with Gasteiger partial charge in [0.05, 0.1) is 29.0 Å². The standard InChI is InChI=1S/C21H20F2N2O2/c1-13(26)5-3-2-4-6-14-7-9-16-17(11-14)24-12-18(25-16)15-8-10-19(27)21(23)20(15)22/h4,6-13,26-27H,2-3,5H2,1H3. The fourth-order valence-electron chi connectivity index (χ4n) is 2.75. The summed E-state index contributed by atoms with van der Waals surface area (Å²) < 4.78 is 27.6. The molecule has 2 N–H and O–H groups in total. The van der Waals surface area contributed by atoms with Crippen LogP contribution in [-0.4, -0.2) is 26.3 Å². The summed E-state index contributed by atoms with van der Waals surface area (Å²) >= 11 is 0. The van der Waals surface area contributed by atoms with E-state index in [0.29, 0.717) is 11.0 Å². The highest BCUT2D eigenvalue weighted by Gasteiger charge is 2.15. The Balaban J connectivity index is 1.81. The Morgan fingerprint density at radius 3 is 2.70 bits per heavy atom. The molecule has 27 heavy (non-hydrogen) atoms. The molecule has 140 valence electrons. The zero-order chi connectivity index (χ0) is 19.4. The summed E-state index contributed by atoms with van der Waals surface area (Å²) in [6.45, 7) is 1.78. The molecule has 0 aliphatic carbocycles. The van der Waals surface area contributed by atoms with Crippen LogP contribution >= 0.6 is 0 Å². The lowest BCUT2D eigenvalue weighted by molar-refractivity contribution is 0.182. The molecule has 0 aliphatic rings. The highest BCUT2D eigenvalue weighted by molar-refractivity contribution is 5.79. The number of aromatic nitrogens is 2. The SMILES string of the molecule is CC(O)CCCC=Cc1ccc2nc(-c3ccc(O)c(F)c3F)cnc2c1. The van der Waals surface area contributed by atoms with E-state index in [-0.39, 0.29) is 17.4 Å². The Hall–Kier alpha value is -2.86. The molecule has 1 aromatic heterocycles. The van der Waals surface area contributed by atoms with E-state index >= 15 is 0 Å². The second kappa shape index (κ2) is 8.22. The molecule has 0 amide bonds. The first-order valence-corrected chi connectivity index (χ1v) is 8.74. The molecule has 0 fully saturated rings. The summed E-state index contributed by atoms with van der Waals surface area (Å²) in [5.41, 5.74) is 2.31. The van der Waals surface area contributed by atoms with Crippen molar-refractivity contribution in [3.63, 3.8) is 0 Å². The Labute approximate surface area is 155 Å². The molecule has 3 aromatic rings. The monoisotopic (exact) mass is 370 g/mol. The van der Waals surface area contributed by atoms with Gasteiger partial charge in [-0.3, -0.25) is 4.98 Å². The number of allylic oxidation sites excluding steroid dienone is 1. The van der Waals surface area contributed by atoms with E-state index in [4.69, 9.17) is 0 Å². The van der Waals surface area contributed by atoms with Gasteiger partial charge < -0.3 is 10.2 Å². The van der Waals surface area contributed by atoms with Crippen LogP contribution in [0.15, 0.2) is 42.6 Å². The highest BCUT2D eigenvalue weighted by Crippen LogP contribution is 2.28. The van der Waals surface area contributed by atoms with Crippen LogP contribution in [0.4, 0.5) is 8.78 Å². The highest BCUT2D eigenvalue weighted by atomic mass is 19.2. The van der Waals surface area contributed by atoms with Crippen LogP contribution in [0.3, 0.4) is 0 Å². The molecule has 2 aromatic carbocycles. The van der Waals surface area contributed by atoms with Gasteiger partial charge in [0.15, 0.2) is 11.6 Å². The molecule has 0 radical (unpaired) electrons. The van der Waals surface area contributed by atoms with Crippen LogP contribution in [0.2, 0.25) is 0 Å². The van der Waals surface area contributed by atoms with Gasteiger partial charge in [0.2, 0.25) is 5.82 Å². The van der Waals surface area contributed by atoms with Crippen molar-refractivity contribution in [2.75, 3.05) is 0 Å². The molecule has 0 bridgehead atoms. The summed E-state index contributed by atoms with van der Waals surface area (Å²) in [6.07, 6.45) is 7.68. The molecule has 1 atom stereocenters. The van der Waals surface area contributed by atoms with E-state index in [0.717, 1.165) is 30.9 Å². The number of benzene rings is 2. The molecule has 1 heterocycles. The lowest BCUT2D eigenvalue weighted by Crippen LogP contribution is -1.97. The fraction of sp³-hybridized carbons (Fsp3) is 0.238. The van der Waals surface area contributed by atoms with Crippen molar-refractivity contribution < 1.29 is 19.0 Å². The number of halogens is 2. The minimum absolute atomic E-state index is 0.0539. The third-order valence-corrected chi connectivity index (χ3v) is 4.21. The molecule has 3 rings (SSSR count). The molecule has 0 saturated heterocycles. The van der Waals surface area contributed by atoms with Crippen molar-refractivity contribution >= 4 is 17.1 Å². The van der Waals surface area contributed by atoms with Gasteiger partial charge in [0.1, 0.15) is 0 Å². The molecule has 4 nitrogen and oxygen atoms in total. The van der Waals surface area contributed by atoms with Gasteiger partial charge in [0, 0.05) is 5.56 Å². The van der Waals surface area contributed by atoms with E-state index in [1.165, 1.54) is 12.3 Å². The number of fused-ring (bicyclic) bond motifs is 1. The molecule has 0 saturated carbocycles. The number of unbranched alkanes of at least 4 members (excludes halogenated alkanes) is 1. The van der Waals surface area contributed by atoms with Gasteiger partial charge in [-0.15, -0.1) is 0 Å². The van der Waals surface area contributed by atoms with Crippen molar-refractivity contribution in [3.8, 4) is 17.0 Å². The normalized spacial score (nSPS) is 12.7. The predicted molar refractivity (Wildman–Crippen MR) is 101 cm³/mol. The third kappa shape index (κ3) is 4.46. The van der Waals surface area contributed by atoms with E-state index in [2.05, 4.69) is 9.97 Å². The topological polar surface area (TPSA) is 66.2 Å². The predicted octanol–water partition coefficient (Wildman–Crippen LogP) is 4.84. The lowest BCUT2D eigenvalue weighted by atomic mass is 10.1. The van der Waals surface area contributed by atoms with Gasteiger partial charge >= 0.3 is 0 Å². The zero-order valence-electron chi connectivity index (χ0n) is 14.9.